The molecule has 0 aliphatic rings. The minimum Gasteiger partial charge on any atom is -0.387 e. The second-order valence-corrected chi connectivity index (χ2v) is 4.76. The van der Waals surface area contributed by atoms with Gasteiger partial charge in [-0.1, -0.05) is 5.21 Å². The molecule has 0 bridgehead atoms. The zero-order valence-corrected chi connectivity index (χ0v) is 10.4. The molecule has 0 radical (unpaired) electrons. The molecule has 1 aromatic heterocycles. The maximum Gasteiger partial charge on any atom is 0.273 e. The lowest BCUT2D eigenvalue weighted by molar-refractivity contribution is 0.0722. The molecule has 0 aliphatic heterocycles. The van der Waals surface area contributed by atoms with Crippen LogP contribution in [0.3, 0.4) is 0 Å². The summed E-state index contributed by atoms with van der Waals surface area (Å²) in [4.78, 5) is 11.6. The van der Waals surface area contributed by atoms with Gasteiger partial charge >= 0.3 is 0 Å². The molecule has 1 heterocycles. The van der Waals surface area contributed by atoms with E-state index in [0.29, 0.717) is 5.75 Å². The van der Waals surface area contributed by atoms with E-state index in [9.17, 15) is 9.90 Å². The minimum absolute atomic E-state index is 0.198. The zero-order valence-electron chi connectivity index (χ0n) is 9.60. The van der Waals surface area contributed by atoms with Crippen LogP contribution < -0.4 is 5.32 Å². The molecule has 0 aromatic carbocycles. The summed E-state index contributed by atoms with van der Waals surface area (Å²) in [5.74, 6) is 0.239. The Balaban J connectivity index is 2.47. The highest BCUT2D eigenvalue weighted by molar-refractivity contribution is 7.98. The predicted octanol–water partition coefficient (Wildman–Crippen LogP) is -0.341. The Morgan fingerprint density at radius 3 is 2.94 bits per heavy atom. The number of amides is 1. The van der Waals surface area contributed by atoms with Crippen molar-refractivity contribution in [1.82, 2.24) is 20.3 Å². The Labute approximate surface area is 98.4 Å². The highest BCUT2D eigenvalue weighted by Gasteiger charge is 2.21. The molecule has 16 heavy (non-hydrogen) atoms. The van der Waals surface area contributed by atoms with Crippen LogP contribution in [0.2, 0.25) is 0 Å². The molecule has 0 spiro atoms. The fourth-order valence-corrected chi connectivity index (χ4v) is 1.90. The fraction of sp³-hybridized carbons (Fsp3) is 0.667. The number of hydrogen-bond donors (Lipinski definition) is 2. The van der Waals surface area contributed by atoms with Gasteiger partial charge < -0.3 is 10.4 Å². The topological polar surface area (TPSA) is 80.0 Å². The second-order valence-electron chi connectivity index (χ2n) is 3.89. The van der Waals surface area contributed by atoms with Crippen LogP contribution in [0.25, 0.3) is 0 Å². The van der Waals surface area contributed by atoms with E-state index >= 15 is 0 Å². The number of nitrogens with one attached hydrogen (secondary N) is 1. The van der Waals surface area contributed by atoms with Crippen molar-refractivity contribution in [3.63, 3.8) is 0 Å². The van der Waals surface area contributed by atoms with E-state index < -0.39 is 5.60 Å². The SMILES string of the molecule is CSC[C@@](C)(O)CNC(=O)c1cn(C)nn1. The first kappa shape index (κ1) is 13.0. The van der Waals surface area contributed by atoms with Crippen molar-refractivity contribution < 1.29 is 9.90 Å². The van der Waals surface area contributed by atoms with Gasteiger partial charge in [-0.05, 0) is 13.2 Å². The largest absolute Gasteiger partial charge is 0.387 e. The van der Waals surface area contributed by atoms with Crippen LogP contribution in [0.1, 0.15) is 17.4 Å². The number of carbonyl (C=O) groups excluding carboxylic acids is 1. The average Bonchev–Trinajstić information content (AvgIpc) is 2.61. The fourth-order valence-electron chi connectivity index (χ4n) is 1.17. The van der Waals surface area contributed by atoms with Crippen molar-refractivity contribution in [2.24, 2.45) is 7.05 Å². The summed E-state index contributed by atoms with van der Waals surface area (Å²) in [6.45, 7) is 1.88. The number of aromatic nitrogens is 3. The van der Waals surface area contributed by atoms with Crippen molar-refractivity contribution in [2.75, 3.05) is 18.6 Å². The number of rotatable bonds is 5. The van der Waals surface area contributed by atoms with Crippen molar-refractivity contribution in [3.8, 4) is 0 Å². The third-order valence-electron chi connectivity index (χ3n) is 1.92. The van der Waals surface area contributed by atoms with Gasteiger partial charge in [-0.3, -0.25) is 9.48 Å². The van der Waals surface area contributed by atoms with Gasteiger partial charge in [0.15, 0.2) is 5.69 Å². The van der Waals surface area contributed by atoms with E-state index in [0.717, 1.165) is 0 Å². The predicted molar refractivity (Wildman–Crippen MR) is 62.3 cm³/mol. The second kappa shape index (κ2) is 5.31. The van der Waals surface area contributed by atoms with E-state index in [1.807, 2.05) is 6.26 Å². The first-order chi connectivity index (χ1) is 7.44. The highest BCUT2D eigenvalue weighted by Crippen LogP contribution is 2.09. The molecule has 0 saturated carbocycles. The van der Waals surface area contributed by atoms with Crippen molar-refractivity contribution in [3.05, 3.63) is 11.9 Å². The molecule has 0 fully saturated rings. The van der Waals surface area contributed by atoms with E-state index in [1.165, 1.54) is 22.6 Å². The molecule has 1 amide bonds. The Kier molecular flexibility index (Phi) is 4.31. The van der Waals surface area contributed by atoms with E-state index in [4.69, 9.17) is 0 Å². The number of carbonyl (C=O) groups is 1. The molecule has 0 unspecified atom stereocenters. The number of nitrogens with zero attached hydrogens (tertiary/aromatic N) is 3. The summed E-state index contributed by atoms with van der Waals surface area (Å²) < 4.78 is 1.45. The smallest absolute Gasteiger partial charge is 0.273 e. The summed E-state index contributed by atoms with van der Waals surface area (Å²) in [5.41, 5.74) is -0.653. The van der Waals surface area contributed by atoms with Crippen molar-refractivity contribution >= 4 is 17.7 Å². The lowest BCUT2D eigenvalue weighted by Crippen LogP contribution is -2.42. The Morgan fingerprint density at radius 1 is 1.75 bits per heavy atom. The number of hydrogen-bond acceptors (Lipinski definition) is 5. The van der Waals surface area contributed by atoms with Crippen LogP contribution in [-0.4, -0.2) is 50.2 Å². The molecule has 90 valence electrons. The van der Waals surface area contributed by atoms with Crippen LogP contribution >= 0.6 is 11.8 Å². The van der Waals surface area contributed by atoms with Crippen LogP contribution in [0.4, 0.5) is 0 Å². The van der Waals surface area contributed by atoms with Crippen molar-refractivity contribution in [1.29, 1.82) is 0 Å². The van der Waals surface area contributed by atoms with Gasteiger partial charge in [0, 0.05) is 19.3 Å². The average molecular weight is 244 g/mol. The Morgan fingerprint density at radius 2 is 2.44 bits per heavy atom. The quantitative estimate of drug-likeness (QED) is 0.740. The third kappa shape index (κ3) is 3.82. The van der Waals surface area contributed by atoms with Crippen LogP contribution in [-0.2, 0) is 7.05 Å². The maximum atomic E-state index is 11.6. The minimum atomic E-state index is -0.905. The van der Waals surface area contributed by atoms with Crippen LogP contribution in [0, 0.1) is 0 Å². The maximum absolute atomic E-state index is 11.6. The van der Waals surface area contributed by atoms with Crippen LogP contribution in [0.5, 0.6) is 0 Å². The Bertz CT molecular complexity index is 364. The first-order valence-corrected chi connectivity index (χ1v) is 6.20. The van der Waals surface area contributed by atoms with Gasteiger partial charge in [-0.15, -0.1) is 5.10 Å². The van der Waals surface area contributed by atoms with E-state index in [1.54, 1.807) is 14.0 Å². The molecular formula is C9H16N4O2S. The van der Waals surface area contributed by atoms with Gasteiger partial charge in [-0.2, -0.15) is 11.8 Å². The first-order valence-electron chi connectivity index (χ1n) is 4.80. The van der Waals surface area contributed by atoms with Gasteiger partial charge in [-0.25, -0.2) is 0 Å². The number of thioether (sulfide) groups is 1. The van der Waals surface area contributed by atoms with Gasteiger partial charge in [0.2, 0.25) is 0 Å². The summed E-state index contributed by atoms with van der Waals surface area (Å²) >= 11 is 1.53. The molecule has 7 heteroatoms. The molecule has 1 atom stereocenters. The summed E-state index contributed by atoms with van der Waals surface area (Å²) in [6, 6.07) is 0. The number of aryl methyl sites for hydroxylation is 1. The lowest BCUT2D eigenvalue weighted by Gasteiger charge is -2.22. The third-order valence-corrected chi connectivity index (χ3v) is 2.83. The normalized spacial score (nSPS) is 14.5. The molecular weight excluding hydrogens is 228 g/mol. The monoisotopic (exact) mass is 244 g/mol. The molecule has 6 nitrogen and oxygen atoms in total. The number of aliphatic hydroxyl groups is 1. The summed E-state index contributed by atoms with van der Waals surface area (Å²) in [5, 5.41) is 19.8. The van der Waals surface area contributed by atoms with Crippen LogP contribution in [0.15, 0.2) is 6.20 Å². The molecule has 1 aromatic rings. The standard InChI is InChI=1S/C9H16N4O2S/c1-9(15,6-16-3)5-10-8(14)7-4-13(2)12-11-7/h4,15H,5-6H2,1-3H3,(H,10,14)/t9-/m0/s1. The van der Waals surface area contributed by atoms with Crippen molar-refractivity contribution in [2.45, 2.75) is 12.5 Å². The zero-order chi connectivity index (χ0) is 12.2. The van der Waals surface area contributed by atoms with E-state index in [2.05, 4.69) is 15.6 Å². The molecule has 1 rings (SSSR count). The molecule has 2 N–H and O–H groups in total. The molecule has 0 saturated heterocycles. The summed E-state index contributed by atoms with van der Waals surface area (Å²) in [7, 11) is 1.69. The summed E-state index contributed by atoms with van der Waals surface area (Å²) in [6.07, 6.45) is 3.43. The highest BCUT2D eigenvalue weighted by atomic mass is 32.2. The van der Waals surface area contributed by atoms with E-state index in [-0.39, 0.29) is 18.1 Å². The Hall–Kier alpha value is -1.08. The molecule has 0 aliphatic carbocycles. The van der Waals surface area contributed by atoms with Gasteiger partial charge in [0.05, 0.1) is 11.8 Å². The van der Waals surface area contributed by atoms with Gasteiger partial charge in [0.25, 0.3) is 5.91 Å². The lowest BCUT2D eigenvalue weighted by atomic mass is 10.1. The van der Waals surface area contributed by atoms with Gasteiger partial charge in [0.1, 0.15) is 0 Å².